The summed E-state index contributed by atoms with van der Waals surface area (Å²) in [5, 5.41) is 5.54. The van der Waals surface area contributed by atoms with Gasteiger partial charge in [-0.25, -0.2) is 4.68 Å². The number of fused-ring (bicyclic) bond motifs is 1. The van der Waals surface area contributed by atoms with E-state index in [4.69, 9.17) is 4.52 Å². The molecule has 0 aliphatic heterocycles. The van der Waals surface area contributed by atoms with Gasteiger partial charge >= 0.3 is 0 Å². The molecule has 23 heavy (non-hydrogen) atoms. The first-order chi connectivity index (χ1) is 11.0. The van der Waals surface area contributed by atoms with Crippen LogP contribution in [0.3, 0.4) is 0 Å². The van der Waals surface area contributed by atoms with Crippen LogP contribution in [0, 0.1) is 0 Å². The van der Waals surface area contributed by atoms with Crippen LogP contribution in [-0.4, -0.2) is 19.9 Å². The van der Waals surface area contributed by atoms with Crippen molar-refractivity contribution in [3.8, 4) is 0 Å². The molecule has 0 fully saturated rings. The highest BCUT2D eigenvalue weighted by molar-refractivity contribution is 9.09. The van der Waals surface area contributed by atoms with Gasteiger partial charge in [0.05, 0.1) is 22.6 Å². The molecule has 0 aliphatic rings. The Kier molecular flexibility index (Phi) is 4.43. The van der Waals surface area contributed by atoms with E-state index in [2.05, 4.69) is 34.9 Å². The fourth-order valence-corrected chi connectivity index (χ4v) is 2.99. The van der Waals surface area contributed by atoms with Crippen molar-refractivity contribution in [3.63, 3.8) is 0 Å². The minimum Gasteiger partial charge on any atom is -0.359 e. The summed E-state index contributed by atoms with van der Waals surface area (Å²) in [7, 11) is 0. The van der Waals surface area contributed by atoms with Crippen LogP contribution in [-0.2, 0) is 6.54 Å². The van der Waals surface area contributed by atoms with E-state index in [1.165, 1.54) is 0 Å². The Balaban J connectivity index is 2.12. The second-order valence-electron chi connectivity index (χ2n) is 6.10. The fourth-order valence-electron chi connectivity index (χ4n) is 2.72. The molecule has 0 N–H and O–H groups in total. The van der Waals surface area contributed by atoms with Crippen molar-refractivity contribution in [1.29, 1.82) is 0 Å². The molecule has 1 unspecified atom stereocenters. The average Bonchev–Trinajstić information content (AvgIpc) is 3.12. The topological polar surface area (TPSA) is 53.0 Å². The number of nitrogens with zero attached hydrogens (tertiary/aromatic N) is 3. The summed E-state index contributed by atoms with van der Waals surface area (Å²) in [6.07, 6.45) is 0. The normalized spacial score (nSPS) is 13.1. The maximum absolute atomic E-state index is 12.7. The Morgan fingerprint density at radius 3 is 2.65 bits per heavy atom. The highest BCUT2D eigenvalue weighted by Gasteiger charge is 2.18. The van der Waals surface area contributed by atoms with Crippen molar-refractivity contribution in [1.82, 2.24) is 14.5 Å². The molecule has 0 bridgehead atoms. The van der Waals surface area contributed by atoms with Gasteiger partial charge in [-0.05, 0) is 25.0 Å². The Morgan fingerprint density at radius 1 is 1.26 bits per heavy atom. The van der Waals surface area contributed by atoms with Crippen LogP contribution in [0.15, 0.2) is 39.6 Å². The molecule has 3 aromatic rings. The number of para-hydroxylation sites is 1. The zero-order valence-electron chi connectivity index (χ0n) is 13.5. The third-order valence-corrected chi connectivity index (χ3v) is 4.93. The van der Waals surface area contributed by atoms with Gasteiger partial charge in [-0.2, -0.15) is 0 Å². The highest BCUT2D eigenvalue weighted by Crippen LogP contribution is 2.20. The summed E-state index contributed by atoms with van der Waals surface area (Å²) in [5.41, 5.74) is 1.86. The lowest BCUT2D eigenvalue weighted by Crippen LogP contribution is -2.27. The van der Waals surface area contributed by atoms with E-state index >= 15 is 0 Å². The van der Waals surface area contributed by atoms with Crippen LogP contribution in [0.2, 0.25) is 0 Å². The van der Waals surface area contributed by atoms with Gasteiger partial charge in [0.1, 0.15) is 6.54 Å². The highest BCUT2D eigenvalue weighted by atomic mass is 79.9. The maximum Gasteiger partial charge on any atom is 0.274 e. The van der Waals surface area contributed by atoms with Crippen LogP contribution in [0.5, 0.6) is 0 Å². The Hall–Kier alpha value is -1.82. The molecule has 0 saturated carbocycles. The van der Waals surface area contributed by atoms with Crippen molar-refractivity contribution in [2.75, 3.05) is 5.33 Å². The summed E-state index contributed by atoms with van der Waals surface area (Å²) >= 11 is 3.48. The third-order valence-electron chi connectivity index (χ3n) is 4.00. The van der Waals surface area contributed by atoms with Crippen molar-refractivity contribution in [2.45, 2.75) is 39.3 Å². The zero-order chi connectivity index (χ0) is 16.6. The number of aromatic nitrogens is 3. The van der Waals surface area contributed by atoms with Gasteiger partial charge in [0.15, 0.2) is 5.76 Å². The molecule has 1 aromatic carbocycles. The van der Waals surface area contributed by atoms with Gasteiger partial charge in [0.25, 0.3) is 5.56 Å². The van der Waals surface area contributed by atoms with Crippen LogP contribution < -0.4 is 5.56 Å². The van der Waals surface area contributed by atoms with Crippen LogP contribution in [0.4, 0.5) is 0 Å². The molecule has 6 heteroatoms. The van der Waals surface area contributed by atoms with Gasteiger partial charge in [-0.1, -0.05) is 47.1 Å². The van der Waals surface area contributed by atoms with Crippen LogP contribution >= 0.6 is 15.9 Å². The van der Waals surface area contributed by atoms with Crippen molar-refractivity contribution >= 4 is 26.8 Å². The first kappa shape index (κ1) is 16.1. The molecule has 0 spiro atoms. The molecule has 2 aromatic heterocycles. The maximum atomic E-state index is 12.7. The average molecular weight is 378 g/mol. The summed E-state index contributed by atoms with van der Waals surface area (Å²) in [5.74, 6) is 1.07. The second-order valence-corrected chi connectivity index (χ2v) is 6.75. The molecule has 3 rings (SSSR count). The van der Waals surface area contributed by atoms with E-state index in [-0.39, 0.29) is 11.6 Å². The molecule has 122 valence electrons. The second kappa shape index (κ2) is 6.35. The molecular formula is C17H20BrN3O2. The Labute approximate surface area is 143 Å². The van der Waals surface area contributed by atoms with Crippen molar-refractivity contribution in [2.24, 2.45) is 0 Å². The minimum atomic E-state index is 0.0242. The lowest BCUT2D eigenvalue weighted by atomic mass is 10.1. The number of halogens is 1. The summed E-state index contributed by atoms with van der Waals surface area (Å²) in [6.45, 7) is 6.66. The van der Waals surface area contributed by atoms with E-state index < -0.39 is 0 Å². The van der Waals surface area contributed by atoms with Gasteiger partial charge in [-0.15, -0.1) is 0 Å². The number of rotatable bonds is 5. The molecule has 0 radical (unpaired) electrons. The van der Waals surface area contributed by atoms with E-state index in [1.807, 2.05) is 41.9 Å². The quantitative estimate of drug-likeness (QED) is 0.633. The van der Waals surface area contributed by atoms with E-state index in [9.17, 15) is 4.79 Å². The lowest BCUT2D eigenvalue weighted by Gasteiger charge is -2.16. The van der Waals surface area contributed by atoms with E-state index in [0.717, 1.165) is 22.4 Å². The lowest BCUT2D eigenvalue weighted by molar-refractivity contribution is 0.345. The molecule has 0 amide bonds. The van der Waals surface area contributed by atoms with E-state index in [1.54, 1.807) is 4.68 Å². The fraction of sp³-hybridized carbons (Fsp3) is 0.412. The van der Waals surface area contributed by atoms with Gasteiger partial charge in [-0.3, -0.25) is 9.48 Å². The van der Waals surface area contributed by atoms with Crippen LogP contribution in [0.25, 0.3) is 10.9 Å². The Bertz CT molecular complexity index is 875. The predicted octanol–water partition coefficient (Wildman–Crippen LogP) is 3.92. The molecular weight excluding hydrogens is 358 g/mol. The number of hydrogen-bond donors (Lipinski definition) is 0. The SMILES string of the molecule is CC(C)c1cc(Cn2c3ccccc3c(=O)n2C(C)CBr)on1. The Morgan fingerprint density at radius 2 is 2.00 bits per heavy atom. The van der Waals surface area contributed by atoms with Gasteiger partial charge in [0.2, 0.25) is 0 Å². The zero-order valence-corrected chi connectivity index (χ0v) is 15.1. The molecule has 0 saturated heterocycles. The third kappa shape index (κ3) is 2.87. The standard InChI is InChI=1S/C17H20BrN3O2/c1-11(2)15-8-13(23-19-15)10-20-16-7-5-4-6-14(16)17(22)21(20)12(3)9-18/h4-8,11-12H,9-10H2,1-3H3. The van der Waals surface area contributed by atoms with E-state index in [0.29, 0.717) is 17.8 Å². The predicted molar refractivity (Wildman–Crippen MR) is 94.4 cm³/mol. The number of benzene rings is 1. The summed E-state index contributed by atoms with van der Waals surface area (Å²) in [6, 6.07) is 9.68. The number of alkyl halides is 1. The molecule has 0 aliphatic carbocycles. The van der Waals surface area contributed by atoms with Crippen molar-refractivity contribution in [3.05, 3.63) is 52.1 Å². The minimum absolute atomic E-state index is 0.0242. The van der Waals surface area contributed by atoms with Crippen molar-refractivity contribution < 1.29 is 4.52 Å². The monoisotopic (exact) mass is 377 g/mol. The number of hydrogen-bond acceptors (Lipinski definition) is 3. The smallest absolute Gasteiger partial charge is 0.274 e. The molecule has 5 nitrogen and oxygen atoms in total. The van der Waals surface area contributed by atoms with Gasteiger partial charge in [0, 0.05) is 11.4 Å². The molecule has 1 atom stereocenters. The summed E-state index contributed by atoms with van der Waals surface area (Å²) in [4.78, 5) is 12.7. The molecule has 2 heterocycles. The first-order valence-corrected chi connectivity index (χ1v) is 8.86. The van der Waals surface area contributed by atoms with Gasteiger partial charge < -0.3 is 4.52 Å². The van der Waals surface area contributed by atoms with Crippen LogP contribution in [0.1, 0.15) is 44.2 Å². The summed E-state index contributed by atoms with van der Waals surface area (Å²) < 4.78 is 9.23. The first-order valence-electron chi connectivity index (χ1n) is 7.74. The largest absolute Gasteiger partial charge is 0.359 e.